The quantitative estimate of drug-likeness (QED) is 0.583. The van der Waals surface area contributed by atoms with E-state index in [1.54, 1.807) is 6.92 Å². The molecule has 2 aliphatic heterocycles. The minimum atomic E-state index is -0.400. The Labute approximate surface area is 131 Å². The van der Waals surface area contributed by atoms with Crippen LogP contribution >= 0.6 is 0 Å². The molecule has 2 heterocycles. The van der Waals surface area contributed by atoms with Gasteiger partial charge in [-0.05, 0) is 32.7 Å². The van der Waals surface area contributed by atoms with Gasteiger partial charge in [0.1, 0.15) is 6.04 Å². The lowest BCUT2D eigenvalue weighted by atomic mass is 9.98. The molecule has 0 bridgehead atoms. The maximum atomic E-state index is 12.2. The molecule has 2 saturated heterocycles. The van der Waals surface area contributed by atoms with Crippen LogP contribution in [0.2, 0.25) is 0 Å². The van der Waals surface area contributed by atoms with Crippen LogP contribution in [0.15, 0.2) is 0 Å². The highest BCUT2D eigenvalue weighted by Crippen LogP contribution is 2.20. The van der Waals surface area contributed by atoms with Crippen molar-refractivity contribution < 1.29 is 19.1 Å². The highest BCUT2D eigenvalue weighted by Gasteiger charge is 2.39. The normalized spacial score (nSPS) is 26.2. The molecule has 1 N–H and O–H groups in total. The topological polar surface area (TPSA) is 79.0 Å². The second-order valence-electron chi connectivity index (χ2n) is 5.87. The number of esters is 1. The summed E-state index contributed by atoms with van der Waals surface area (Å²) < 4.78 is 5.07. The monoisotopic (exact) mass is 311 g/mol. The van der Waals surface area contributed by atoms with Crippen LogP contribution in [0, 0.1) is 5.92 Å². The van der Waals surface area contributed by atoms with E-state index in [1.807, 2.05) is 11.8 Å². The zero-order chi connectivity index (χ0) is 16.1. The molecule has 7 heteroatoms. The van der Waals surface area contributed by atoms with Crippen LogP contribution in [0.3, 0.4) is 0 Å². The minimum Gasteiger partial charge on any atom is -0.466 e. The van der Waals surface area contributed by atoms with E-state index in [0.717, 1.165) is 25.8 Å². The van der Waals surface area contributed by atoms with Crippen LogP contribution in [-0.4, -0.2) is 60.1 Å². The van der Waals surface area contributed by atoms with Crippen LogP contribution in [-0.2, 0) is 14.3 Å². The number of likely N-dealkylation sites (tertiary alicyclic amines) is 1. The van der Waals surface area contributed by atoms with Gasteiger partial charge in [0.15, 0.2) is 0 Å². The van der Waals surface area contributed by atoms with Gasteiger partial charge < -0.3 is 10.1 Å². The van der Waals surface area contributed by atoms with Crippen molar-refractivity contribution in [1.29, 1.82) is 0 Å². The minimum absolute atomic E-state index is 0.162. The Kier molecular flexibility index (Phi) is 5.76. The molecule has 0 spiro atoms. The number of imide groups is 1. The smallest absolute Gasteiger partial charge is 0.325 e. The molecule has 0 aromatic rings. The zero-order valence-corrected chi connectivity index (χ0v) is 13.3. The van der Waals surface area contributed by atoms with Gasteiger partial charge in [-0.2, -0.15) is 0 Å². The number of carbonyl (C=O) groups excluding carboxylic acids is 3. The summed E-state index contributed by atoms with van der Waals surface area (Å²) in [6, 6.07) is -0.732. The lowest BCUT2D eigenvalue weighted by Crippen LogP contribution is -2.47. The van der Waals surface area contributed by atoms with Gasteiger partial charge in [-0.25, -0.2) is 9.69 Å². The van der Waals surface area contributed by atoms with Gasteiger partial charge in [-0.1, -0.05) is 13.3 Å². The number of hydrogen-bond donors (Lipinski definition) is 1. The van der Waals surface area contributed by atoms with E-state index >= 15 is 0 Å². The molecule has 22 heavy (non-hydrogen) atoms. The first kappa shape index (κ1) is 16.7. The predicted octanol–water partition coefficient (Wildman–Crippen LogP) is 0.940. The van der Waals surface area contributed by atoms with E-state index in [2.05, 4.69) is 5.32 Å². The number of hydrogen-bond acceptors (Lipinski definition) is 5. The number of nitrogens with one attached hydrogen (secondary N) is 1. The lowest BCUT2D eigenvalue weighted by Gasteiger charge is -2.33. The van der Waals surface area contributed by atoms with Crippen molar-refractivity contribution in [3.63, 3.8) is 0 Å². The van der Waals surface area contributed by atoms with E-state index in [9.17, 15) is 14.4 Å². The average molecular weight is 311 g/mol. The summed E-state index contributed by atoms with van der Waals surface area (Å²) in [5.41, 5.74) is 0. The van der Waals surface area contributed by atoms with Crippen molar-refractivity contribution in [3.8, 4) is 0 Å². The second kappa shape index (κ2) is 7.58. The van der Waals surface area contributed by atoms with Crippen LogP contribution in [0.4, 0.5) is 4.79 Å². The molecule has 0 unspecified atom stereocenters. The third-order valence-electron chi connectivity index (χ3n) is 4.15. The molecule has 0 aromatic carbocycles. The molecule has 0 aliphatic carbocycles. The van der Waals surface area contributed by atoms with Crippen molar-refractivity contribution in [1.82, 2.24) is 15.1 Å². The first-order valence-corrected chi connectivity index (χ1v) is 8.07. The molecule has 0 aromatic heterocycles. The maximum Gasteiger partial charge on any atom is 0.325 e. The van der Waals surface area contributed by atoms with E-state index in [-0.39, 0.29) is 30.5 Å². The largest absolute Gasteiger partial charge is 0.466 e. The Hall–Kier alpha value is -1.63. The highest BCUT2D eigenvalue weighted by atomic mass is 16.5. The maximum absolute atomic E-state index is 12.2. The summed E-state index contributed by atoms with van der Waals surface area (Å²) in [5, 5.41) is 2.72. The number of ether oxygens (including phenoxy) is 1. The molecule has 3 amide bonds. The molecule has 124 valence electrons. The number of nitrogens with zero attached hydrogens (tertiary/aromatic N) is 2. The number of carbonyl (C=O) groups is 3. The van der Waals surface area contributed by atoms with E-state index in [0.29, 0.717) is 19.6 Å². The van der Waals surface area contributed by atoms with Crippen molar-refractivity contribution in [2.24, 2.45) is 5.92 Å². The zero-order valence-electron chi connectivity index (χ0n) is 13.3. The third-order valence-corrected chi connectivity index (χ3v) is 4.15. The molecule has 2 atom stereocenters. The summed E-state index contributed by atoms with van der Waals surface area (Å²) in [4.78, 5) is 39.2. The Balaban J connectivity index is 1.91. The third kappa shape index (κ3) is 3.76. The van der Waals surface area contributed by atoms with Gasteiger partial charge in [0.05, 0.1) is 19.2 Å². The fourth-order valence-electron chi connectivity index (χ4n) is 3.03. The summed E-state index contributed by atoms with van der Waals surface area (Å²) >= 11 is 0. The van der Waals surface area contributed by atoms with Gasteiger partial charge in [0.25, 0.3) is 5.91 Å². The van der Waals surface area contributed by atoms with Gasteiger partial charge in [-0.3, -0.25) is 14.5 Å². The van der Waals surface area contributed by atoms with Gasteiger partial charge in [0, 0.05) is 6.54 Å². The van der Waals surface area contributed by atoms with Gasteiger partial charge in [-0.15, -0.1) is 0 Å². The molecule has 2 aliphatic rings. The molecule has 0 radical (unpaired) electrons. The van der Waals surface area contributed by atoms with Gasteiger partial charge in [0.2, 0.25) is 0 Å². The fourth-order valence-corrected chi connectivity index (χ4v) is 3.03. The second-order valence-corrected chi connectivity index (χ2v) is 5.87. The Bertz CT molecular complexity index is 441. The average Bonchev–Trinajstić information content (AvgIpc) is 2.76. The summed E-state index contributed by atoms with van der Waals surface area (Å²) in [5.74, 6) is -0.515. The van der Waals surface area contributed by atoms with Crippen LogP contribution < -0.4 is 5.32 Å². The molecular formula is C15H25N3O4. The van der Waals surface area contributed by atoms with Crippen molar-refractivity contribution in [3.05, 3.63) is 0 Å². The lowest BCUT2D eigenvalue weighted by molar-refractivity contribution is -0.150. The Morgan fingerprint density at radius 1 is 1.36 bits per heavy atom. The summed E-state index contributed by atoms with van der Waals surface area (Å²) in [6.07, 6.45) is 3.17. The molecular weight excluding hydrogens is 286 g/mol. The molecule has 7 nitrogen and oxygen atoms in total. The Morgan fingerprint density at radius 2 is 2.14 bits per heavy atom. The summed E-state index contributed by atoms with van der Waals surface area (Å²) in [6.45, 7) is 5.72. The van der Waals surface area contributed by atoms with Crippen LogP contribution in [0.5, 0.6) is 0 Å². The molecule has 2 fully saturated rings. The summed E-state index contributed by atoms with van der Waals surface area (Å²) in [7, 11) is 0. The van der Waals surface area contributed by atoms with Crippen molar-refractivity contribution in [2.45, 2.75) is 45.6 Å². The predicted molar refractivity (Wildman–Crippen MR) is 79.9 cm³/mol. The van der Waals surface area contributed by atoms with Gasteiger partial charge >= 0.3 is 12.0 Å². The molecule has 2 rings (SSSR count). The number of urea groups is 1. The van der Waals surface area contributed by atoms with E-state index in [1.165, 1.54) is 4.90 Å². The standard InChI is InChI=1S/C15H25N3O4/c1-3-6-12-13(19)18(15(21)16-12)10-17-8-5-7-11(9-17)14(20)22-4-2/h11-12H,3-10H2,1-2H3,(H,16,21)/t11-,12+/m0/s1. The Morgan fingerprint density at radius 3 is 2.82 bits per heavy atom. The first-order chi connectivity index (χ1) is 10.6. The van der Waals surface area contributed by atoms with Crippen LogP contribution in [0.25, 0.3) is 0 Å². The van der Waals surface area contributed by atoms with E-state index < -0.39 is 6.04 Å². The number of amides is 3. The van der Waals surface area contributed by atoms with Crippen LogP contribution in [0.1, 0.15) is 39.5 Å². The molecule has 0 saturated carbocycles. The van der Waals surface area contributed by atoms with Crippen molar-refractivity contribution in [2.75, 3.05) is 26.4 Å². The first-order valence-electron chi connectivity index (χ1n) is 8.07. The highest BCUT2D eigenvalue weighted by molar-refractivity contribution is 6.04. The van der Waals surface area contributed by atoms with Crippen molar-refractivity contribution >= 4 is 17.9 Å². The van der Waals surface area contributed by atoms with E-state index in [4.69, 9.17) is 4.74 Å². The SMILES string of the molecule is CCC[C@H]1NC(=O)N(CN2CCC[C@H](C(=O)OCC)C2)C1=O. The number of piperidine rings is 1. The number of rotatable bonds is 6. The fraction of sp³-hybridized carbons (Fsp3) is 0.800.